The van der Waals surface area contributed by atoms with E-state index in [9.17, 15) is 9.59 Å². The predicted octanol–water partition coefficient (Wildman–Crippen LogP) is 5.52. The SMILES string of the molecule is C=C(c1ccc(Oc2ccc3ccc(OCCOC(=O)CCC(=O)O)cc3c2)cc1)C1COC(C)(C)OO1. The molecule has 0 aliphatic carbocycles. The molecular formula is C29H30O9. The second kappa shape index (κ2) is 12.1. The molecule has 9 heteroatoms. The van der Waals surface area contributed by atoms with Gasteiger partial charge in [0.2, 0.25) is 0 Å². The van der Waals surface area contributed by atoms with E-state index in [1.807, 2.05) is 60.7 Å². The summed E-state index contributed by atoms with van der Waals surface area (Å²) in [4.78, 5) is 32.7. The standard InChI is InChI=1S/C29H30O9/c1-19(26-18-35-29(2,3)38-37-26)20-4-8-23(9-5-20)36-25-11-7-21-6-10-24(16-22(21)17-25)33-14-15-34-28(32)13-12-27(30)31/h4-11,16-17,26H,1,12-15,18H2,2-3H3,(H,30,31). The van der Waals surface area contributed by atoms with Crippen molar-refractivity contribution in [3.8, 4) is 17.2 Å². The number of ether oxygens (including phenoxy) is 4. The number of carboxylic acid groups (broad SMARTS) is 1. The molecule has 0 bridgehead atoms. The molecule has 0 radical (unpaired) electrons. The zero-order valence-corrected chi connectivity index (χ0v) is 21.3. The lowest BCUT2D eigenvalue weighted by atomic mass is 10.0. The smallest absolute Gasteiger partial charge is 0.306 e. The number of hydrogen-bond acceptors (Lipinski definition) is 8. The van der Waals surface area contributed by atoms with Crippen LogP contribution in [-0.2, 0) is 28.8 Å². The highest BCUT2D eigenvalue weighted by molar-refractivity contribution is 5.85. The minimum Gasteiger partial charge on any atom is -0.490 e. The van der Waals surface area contributed by atoms with E-state index in [2.05, 4.69) is 6.58 Å². The van der Waals surface area contributed by atoms with Gasteiger partial charge in [0.1, 0.15) is 36.6 Å². The second-order valence-corrected chi connectivity index (χ2v) is 9.16. The summed E-state index contributed by atoms with van der Waals surface area (Å²) in [6.07, 6.45) is -0.814. The van der Waals surface area contributed by atoms with Crippen LogP contribution < -0.4 is 9.47 Å². The maximum atomic E-state index is 11.5. The lowest BCUT2D eigenvalue weighted by Crippen LogP contribution is -2.40. The van der Waals surface area contributed by atoms with Gasteiger partial charge in [-0.2, -0.15) is 0 Å². The Kier molecular flexibility index (Phi) is 8.62. The molecule has 4 rings (SSSR count). The first-order chi connectivity index (χ1) is 18.2. The molecule has 9 nitrogen and oxygen atoms in total. The number of rotatable bonds is 11. The van der Waals surface area contributed by atoms with E-state index in [0.29, 0.717) is 23.9 Å². The summed E-state index contributed by atoms with van der Waals surface area (Å²) in [5, 5.41) is 10.5. The third-order valence-electron chi connectivity index (χ3n) is 5.74. The monoisotopic (exact) mass is 522 g/mol. The Hall–Kier alpha value is -3.92. The van der Waals surface area contributed by atoms with Gasteiger partial charge in [0.25, 0.3) is 0 Å². The number of carbonyl (C=O) groups excluding carboxylic acids is 1. The fraction of sp³-hybridized carbons (Fsp3) is 0.310. The summed E-state index contributed by atoms with van der Waals surface area (Å²) in [5.41, 5.74) is 1.64. The summed E-state index contributed by atoms with van der Waals surface area (Å²) in [6, 6.07) is 18.9. The third kappa shape index (κ3) is 7.55. The highest BCUT2D eigenvalue weighted by Gasteiger charge is 2.31. The number of carbonyl (C=O) groups is 2. The molecule has 1 heterocycles. The van der Waals surface area contributed by atoms with Crippen molar-refractivity contribution >= 4 is 28.3 Å². The molecule has 0 aromatic heterocycles. The van der Waals surface area contributed by atoms with Crippen LogP contribution >= 0.6 is 0 Å². The molecule has 3 aromatic carbocycles. The van der Waals surface area contributed by atoms with E-state index in [-0.39, 0.29) is 26.1 Å². The van der Waals surface area contributed by atoms with Crippen molar-refractivity contribution in [1.29, 1.82) is 0 Å². The van der Waals surface area contributed by atoms with E-state index < -0.39 is 23.8 Å². The van der Waals surface area contributed by atoms with E-state index in [0.717, 1.165) is 21.9 Å². The molecule has 1 fully saturated rings. The maximum absolute atomic E-state index is 11.5. The molecule has 1 N–H and O–H groups in total. The molecule has 0 amide bonds. The number of benzene rings is 3. The van der Waals surface area contributed by atoms with Crippen LogP contribution in [0.3, 0.4) is 0 Å². The zero-order valence-electron chi connectivity index (χ0n) is 21.3. The molecule has 1 atom stereocenters. The quantitative estimate of drug-likeness (QED) is 0.198. The van der Waals surface area contributed by atoms with Gasteiger partial charge in [0, 0.05) is 0 Å². The normalized spacial score (nSPS) is 16.5. The van der Waals surface area contributed by atoms with Gasteiger partial charge >= 0.3 is 11.9 Å². The topological polar surface area (TPSA) is 110 Å². The van der Waals surface area contributed by atoms with Gasteiger partial charge in [-0.25, -0.2) is 9.78 Å². The Morgan fingerprint density at radius 3 is 2.32 bits per heavy atom. The van der Waals surface area contributed by atoms with Crippen molar-refractivity contribution in [2.24, 2.45) is 0 Å². The molecule has 1 aliphatic rings. The van der Waals surface area contributed by atoms with Gasteiger partial charge in [0.15, 0.2) is 5.79 Å². The predicted molar refractivity (Wildman–Crippen MR) is 139 cm³/mol. The van der Waals surface area contributed by atoms with Crippen LogP contribution in [-0.4, -0.2) is 48.8 Å². The fourth-order valence-electron chi connectivity index (χ4n) is 3.67. The van der Waals surface area contributed by atoms with E-state index in [1.165, 1.54) is 0 Å². The molecule has 38 heavy (non-hydrogen) atoms. The van der Waals surface area contributed by atoms with E-state index in [1.54, 1.807) is 13.8 Å². The summed E-state index contributed by atoms with van der Waals surface area (Å²) >= 11 is 0. The molecule has 1 saturated heterocycles. The molecule has 200 valence electrons. The Bertz CT molecular complexity index is 1290. The van der Waals surface area contributed by atoms with Crippen molar-refractivity contribution in [2.45, 2.75) is 38.6 Å². The average Bonchev–Trinajstić information content (AvgIpc) is 2.90. The van der Waals surface area contributed by atoms with E-state index >= 15 is 0 Å². The number of esters is 1. The molecular weight excluding hydrogens is 492 g/mol. The number of hydrogen-bond donors (Lipinski definition) is 1. The van der Waals surface area contributed by atoms with Crippen molar-refractivity contribution < 1.29 is 43.4 Å². The van der Waals surface area contributed by atoms with Crippen LogP contribution in [0.5, 0.6) is 17.2 Å². The first kappa shape index (κ1) is 27.1. The largest absolute Gasteiger partial charge is 0.490 e. The third-order valence-corrected chi connectivity index (χ3v) is 5.74. The fourth-order valence-corrected chi connectivity index (χ4v) is 3.67. The van der Waals surface area contributed by atoms with Gasteiger partial charge in [-0.15, -0.1) is 0 Å². The molecule has 0 saturated carbocycles. The first-order valence-corrected chi connectivity index (χ1v) is 12.2. The lowest BCUT2D eigenvalue weighted by molar-refractivity contribution is -0.467. The van der Waals surface area contributed by atoms with Crippen LogP contribution in [0.25, 0.3) is 16.3 Å². The van der Waals surface area contributed by atoms with Crippen molar-refractivity contribution in [1.82, 2.24) is 0 Å². The minimum absolute atomic E-state index is 0.0347. The van der Waals surface area contributed by atoms with Crippen molar-refractivity contribution in [2.75, 3.05) is 19.8 Å². The van der Waals surface area contributed by atoms with Crippen LogP contribution in [0.4, 0.5) is 0 Å². The van der Waals surface area contributed by atoms with Crippen LogP contribution in [0.2, 0.25) is 0 Å². The van der Waals surface area contributed by atoms with Gasteiger partial charge in [-0.1, -0.05) is 30.8 Å². The van der Waals surface area contributed by atoms with Gasteiger partial charge in [0.05, 0.1) is 19.4 Å². The molecule has 1 aliphatic heterocycles. The summed E-state index contributed by atoms with van der Waals surface area (Å²) in [7, 11) is 0. The maximum Gasteiger partial charge on any atom is 0.306 e. The first-order valence-electron chi connectivity index (χ1n) is 12.2. The highest BCUT2D eigenvalue weighted by Crippen LogP contribution is 2.31. The molecule has 1 unspecified atom stereocenters. The van der Waals surface area contributed by atoms with Gasteiger partial charge < -0.3 is 24.1 Å². The second-order valence-electron chi connectivity index (χ2n) is 9.16. The Morgan fingerprint density at radius 2 is 1.63 bits per heavy atom. The van der Waals surface area contributed by atoms with Crippen molar-refractivity contribution in [3.63, 3.8) is 0 Å². The Labute approximate surface area is 220 Å². The van der Waals surface area contributed by atoms with Gasteiger partial charge in [-0.05, 0) is 72.2 Å². The Balaban J connectivity index is 1.31. The number of fused-ring (bicyclic) bond motifs is 1. The van der Waals surface area contributed by atoms with Crippen LogP contribution in [0.1, 0.15) is 32.3 Å². The Morgan fingerprint density at radius 1 is 0.947 bits per heavy atom. The van der Waals surface area contributed by atoms with Crippen LogP contribution in [0.15, 0.2) is 67.2 Å². The molecule has 3 aromatic rings. The summed E-state index contributed by atoms with van der Waals surface area (Å²) < 4.78 is 22.3. The van der Waals surface area contributed by atoms with E-state index in [4.69, 9.17) is 33.8 Å². The molecule has 0 spiro atoms. The lowest BCUT2D eigenvalue weighted by Gasteiger charge is -2.34. The van der Waals surface area contributed by atoms with Crippen LogP contribution in [0, 0.1) is 0 Å². The average molecular weight is 523 g/mol. The summed E-state index contributed by atoms with van der Waals surface area (Å²) in [5.74, 6) is -0.450. The zero-order chi connectivity index (χ0) is 27.1. The number of carboxylic acids is 1. The summed E-state index contributed by atoms with van der Waals surface area (Å²) in [6.45, 7) is 8.23. The number of aliphatic carboxylic acids is 1. The van der Waals surface area contributed by atoms with Gasteiger partial charge in [-0.3, -0.25) is 9.59 Å². The highest BCUT2D eigenvalue weighted by atomic mass is 17.2. The van der Waals surface area contributed by atoms with Crippen molar-refractivity contribution in [3.05, 3.63) is 72.8 Å². The minimum atomic E-state index is -1.04.